The number of anilines is 1. The first kappa shape index (κ1) is 14.5. The van der Waals surface area contributed by atoms with E-state index in [4.69, 9.17) is 11.6 Å². The summed E-state index contributed by atoms with van der Waals surface area (Å²) in [4.78, 5) is 16.0. The Bertz CT molecular complexity index is 617. The number of pyridine rings is 1. The van der Waals surface area contributed by atoms with Gasteiger partial charge in [-0.25, -0.2) is 4.98 Å². The molecular weight excluding hydrogens is 471 g/mol. The smallest absolute Gasteiger partial charge is 0.257 e. The first-order valence-corrected chi connectivity index (χ1v) is 8.12. The van der Waals surface area contributed by atoms with Crippen LogP contribution in [0.3, 0.4) is 0 Å². The molecule has 8 heteroatoms. The average molecular weight is 475 g/mol. The molecule has 2 rings (SSSR count). The van der Waals surface area contributed by atoms with E-state index < -0.39 is 0 Å². The molecule has 0 saturated heterocycles. The highest BCUT2D eigenvalue weighted by molar-refractivity contribution is 9.12. The van der Waals surface area contributed by atoms with E-state index in [1.807, 2.05) is 0 Å². The maximum Gasteiger partial charge on any atom is 0.257 e. The number of amides is 1. The van der Waals surface area contributed by atoms with Gasteiger partial charge in [0.15, 0.2) is 5.15 Å². The second-order valence-corrected chi connectivity index (χ2v) is 8.21. The second kappa shape index (κ2) is 6.00. The predicted octanol–water partition coefficient (Wildman–Crippen LogP) is 5.34. The Morgan fingerprint density at radius 3 is 2.67 bits per heavy atom. The fourth-order valence-electron chi connectivity index (χ4n) is 1.19. The number of nitrogens with zero attached hydrogens (tertiary/aromatic N) is 1. The molecular formula is C10H4Br3ClN2OS. The molecule has 0 atom stereocenters. The van der Waals surface area contributed by atoms with E-state index in [9.17, 15) is 4.79 Å². The van der Waals surface area contributed by atoms with E-state index >= 15 is 0 Å². The van der Waals surface area contributed by atoms with Crippen molar-refractivity contribution >= 4 is 82.3 Å². The Kier molecular flexibility index (Phi) is 4.82. The molecule has 0 radical (unpaired) electrons. The van der Waals surface area contributed by atoms with E-state index in [1.165, 1.54) is 11.3 Å². The number of halogens is 4. The van der Waals surface area contributed by atoms with Crippen LogP contribution in [0.15, 0.2) is 30.4 Å². The second-order valence-electron chi connectivity index (χ2n) is 3.18. The van der Waals surface area contributed by atoms with Crippen molar-refractivity contribution in [1.82, 2.24) is 4.98 Å². The van der Waals surface area contributed by atoms with Gasteiger partial charge in [0, 0.05) is 10.7 Å². The maximum atomic E-state index is 12.1. The van der Waals surface area contributed by atoms with Crippen LogP contribution in [0.5, 0.6) is 0 Å². The van der Waals surface area contributed by atoms with E-state index in [-0.39, 0.29) is 11.1 Å². The Labute approximate surface area is 137 Å². The molecule has 0 aliphatic carbocycles. The summed E-state index contributed by atoms with van der Waals surface area (Å²) in [5, 5.41) is 2.96. The standard InChI is InChI=1S/C10H4Br3ClN2OS/c11-4-1-6(9(14)15-3-4)16-10(17)5-2-7(12)18-8(5)13/h1-3H,(H,16,17). The zero-order chi connectivity index (χ0) is 13.3. The van der Waals surface area contributed by atoms with Crippen LogP contribution in [0.4, 0.5) is 5.69 Å². The van der Waals surface area contributed by atoms with Gasteiger partial charge in [-0.15, -0.1) is 11.3 Å². The number of hydrogen-bond acceptors (Lipinski definition) is 3. The van der Waals surface area contributed by atoms with Crippen LogP contribution >= 0.6 is 70.7 Å². The predicted molar refractivity (Wildman–Crippen MR) is 84.6 cm³/mol. The molecule has 0 bridgehead atoms. The molecule has 1 amide bonds. The highest BCUT2D eigenvalue weighted by Crippen LogP contribution is 2.33. The van der Waals surface area contributed by atoms with Crippen molar-refractivity contribution in [3.05, 3.63) is 41.1 Å². The van der Waals surface area contributed by atoms with E-state index in [0.29, 0.717) is 11.3 Å². The Balaban J connectivity index is 2.26. The van der Waals surface area contributed by atoms with Gasteiger partial charge in [-0.3, -0.25) is 4.79 Å². The number of carbonyl (C=O) groups excluding carboxylic acids is 1. The summed E-state index contributed by atoms with van der Waals surface area (Å²) in [5.41, 5.74) is 1.01. The minimum absolute atomic E-state index is 0.245. The zero-order valence-corrected chi connectivity index (χ0v) is 14.8. The fraction of sp³-hybridized carbons (Fsp3) is 0. The van der Waals surface area contributed by atoms with E-state index in [2.05, 4.69) is 58.1 Å². The van der Waals surface area contributed by atoms with Crippen LogP contribution in [-0.2, 0) is 0 Å². The molecule has 1 N–H and O–H groups in total. The minimum atomic E-state index is -0.245. The topological polar surface area (TPSA) is 42.0 Å². The number of hydrogen-bond donors (Lipinski definition) is 1. The lowest BCUT2D eigenvalue weighted by molar-refractivity contribution is 0.102. The van der Waals surface area contributed by atoms with Crippen molar-refractivity contribution in [2.24, 2.45) is 0 Å². The van der Waals surface area contributed by atoms with E-state index in [0.717, 1.165) is 12.0 Å². The summed E-state index contributed by atoms with van der Waals surface area (Å²) >= 11 is 17.3. The van der Waals surface area contributed by atoms with Crippen molar-refractivity contribution in [2.75, 3.05) is 5.32 Å². The maximum absolute atomic E-state index is 12.1. The number of thiophene rings is 1. The number of rotatable bonds is 2. The first-order chi connectivity index (χ1) is 8.47. The molecule has 2 heterocycles. The third-order valence-electron chi connectivity index (χ3n) is 1.96. The van der Waals surface area contributed by atoms with Gasteiger partial charge in [0.1, 0.15) is 0 Å². The summed E-state index contributed by atoms with van der Waals surface area (Å²) < 4.78 is 2.37. The zero-order valence-electron chi connectivity index (χ0n) is 8.51. The third kappa shape index (κ3) is 3.33. The largest absolute Gasteiger partial charge is 0.319 e. The summed E-state index contributed by atoms with van der Waals surface area (Å²) in [6.45, 7) is 0. The van der Waals surface area contributed by atoms with E-state index in [1.54, 1.807) is 18.3 Å². The van der Waals surface area contributed by atoms with Crippen molar-refractivity contribution in [2.45, 2.75) is 0 Å². The van der Waals surface area contributed by atoms with Crippen LogP contribution in [0.2, 0.25) is 5.15 Å². The van der Waals surface area contributed by atoms with Crippen LogP contribution < -0.4 is 5.32 Å². The van der Waals surface area contributed by atoms with Gasteiger partial charge in [0.25, 0.3) is 5.91 Å². The summed E-state index contributed by atoms with van der Waals surface area (Å²) in [7, 11) is 0. The first-order valence-electron chi connectivity index (χ1n) is 4.54. The normalized spacial score (nSPS) is 10.4. The van der Waals surface area contributed by atoms with Gasteiger partial charge in [0.05, 0.1) is 18.8 Å². The highest BCUT2D eigenvalue weighted by Gasteiger charge is 2.15. The summed E-state index contributed by atoms with van der Waals surface area (Å²) in [6.07, 6.45) is 1.56. The van der Waals surface area contributed by atoms with Crippen molar-refractivity contribution < 1.29 is 4.79 Å². The molecule has 0 aliphatic heterocycles. The third-order valence-corrected chi connectivity index (χ3v) is 5.03. The monoisotopic (exact) mass is 472 g/mol. The van der Waals surface area contributed by atoms with Crippen molar-refractivity contribution in [3.8, 4) is 0 Å². The van der Waals surface area contributed by atoms with Gasteiger partial charge in [-0.1, -0.05) is 11.6 Å². The van der Waals surface area contributed by atoms with Crippen molar-refractivity contribution in [1.29, 1.82) is 0 Å². The van der Waals surface area contributed by atoms with Gasteiger partial charge < -0.3 is 5.32 Å². The lowest BCUT2D eigenvalue weighted by Crippen LogP contribution is -2.12. The van der Waals surface area contributed by atoms with Crippen LogP contribution in [0.1, 0.15) is 10.4 Å². The number of nitrogens with one attached hydrogen (secondary N) is 1. The minimum Gasteiger partial charge on any atom is -0.319 e. The Morgan fingerprint density at radius 2 is 2.06 bits per heavy atom. The molecule has 0 saturated carbocycles. The lowest BCUT2D eigenvalue weighted by atomic mass is 10.3. The van der Waals surface area contributed by atoms with Crippen molar-refractivity contribution in [3.63, 3.8) is 0 Å². The van der Waals surface area contributed by atoms with Gasteiger partial charge in [0.2, 0.25) is 0 Å². The molecule has 0 aromatic carbocycles. The molecule has 3 nitrogen and oxygen atoms in total. The lowest BCUT2D eigenvalue weighted by Gasteiger charge is -2.06. The summed E-state index contributed by atoms with van der Waals surface area (Å²) in [6, 6.07) is 3.44. The molecule has 94 valence electrons. The van der Waals surface area contributed by atoms with Crippen LogP contribution in [-0.4, -0.2) is 10.9 Å². The van der Waals surface area contributed by atoms with Crippen LogP contribution in [0, 0.1) is 0 Å². The van der Waals surface area contributed by atoms with Crippen LogP contribution in [0.25, 0.3) is 0 Å². The molecule has 18 heavy (non-hydrogen) atoms. The Morgan fingerprint density at radius 1 is 1.33 bits per heavy atom. The molecule has 0 aliphatic rings. The average Bonchev–Trinajstić information content (AvgIpc) is 2.63. The van der Waals surface area contributed by atoms with Gasteiger partial charge in [-0.2, -0.15) is 0 Å². The number of carbonyl (C=O) groups is 1. The molecule has 0 unspecified atom stereocenters. The molecule has 0 fully saturated rings. The number of aromatic nitrogens is 1. The quantitative estimate of drug-likeness (QED) is 0.597. The SMILES string of the molecule is O=C(Nc1cc(Br)cnc1Cl)c1cc(Br)sc1Br. The van der Waals surface area contributed by atoms with Gasteiger partial charge >= 0.3 is 0 Å². The molecule has 2 aromatic rings. The summed E-state index contributed by atoms with van der Waals surface area (Å²) in [5.74, 6) is -0.245. The molecule has 2 aromatic heterocycles. The van der Waals surface area contributed by atoms with Gasteiger partial charge in [-0.05, 0) is 59.9 Å². The fourth-order valence-corrected chi connectivity index (χ4v) is 4.47. The Hall–Kier alpha value is 0.0500. The highest BCUT2D eigenvalue weighted by atomic mass is 79.9. The molecule has 0 spiro atoms.